The van der Waals surface area contributed by atoms with Crippen LogP contribution in [0.1, 0.15) is 27.2 Å². The number of carbonyl (C=O) groups is 1. The van der Waals surface area contributed by atoms with Crippen molar-refractivity contribution in [2.45, 2.75) is 32.8 Å². The van der Waals surface area contributed by atoms with Crippen LogP contribution in [0.25, 0.3) is 0 Å². The van der Waals surface area contributed by atoms with E-state index in [4.69, 9.17) is 4.74 Å². The molecule has 0 aromatic heterocycles. The summed E-state index contributed by atoms with van der Waals surface area (Å²) in [5, 5.41) is 0. The molecule has 70 valence electrons. The molecule has 0 N–H and O–H groups in total. The summed E-state index contributed by atoms with van der Waals surface area (Å²) < 4.78 is 5.58. The minimum Gasteiger partial charge on any atom is -0.374 e. The van der Waals surface area contributed by atoms with Gasteiger partial charge in [0, 0.05) is 26.6 Å². The Bertz CT molecular complexity index is 177. The summed E-state index contributed by atoms with van der Waals surface area (Å²) in [5.41, 5.74) is -0.178. The predicted molar refractivity (Wildman–Crippen MR) is 46.9 cm³/mol. The maximum atomic E-state index is 11.1. The predicted octanol–water partition coefficient (Wildman–Crippen LogP) is 1.03. The first-order valence-electron chi connectivity index (χ1n) is 4.41. The van der Waals surface area contributed by atoms with E-state index in [1.807, 2.05) is 18.7 Å². The zero-order valence-electron chi connectivity index (χ0n) is 8.09. The van der Waals surface area contributed by atoms with Crippen LogP contribution in [-0.4, -0.2) is 36.1 Å². The van der Waals surface area contributed by atoms with Gasteiger partial charge in [0.05, 0.1) is 5.60 Å². The largest absolute Gasteiger partial charge is 0.374 e. The average molecular weight is 171 g/mol. The summed E-state index contributed by atoms with van der Waals surface area (Å²) in [6.45, 7) is 7.96. The highest BCUT2D eigenvalue weighted by Crippen LogP contribution is 2.15. The molecule has 1 rings (SSSR count). The summed E-state index contributed by atoms with van der Waals surface area (Å²) in [6.07, 6.45) is 0.947. The molecule has 12 heavy (non-hydrogen) atoms. The first kappa shape index (κ1) is 9.52. The lowest BCUT2D eigenvalue weighted by Gasteiger charge is -2.28. The molecule has 0 atom stereocenters. The van der Waals surface area contributed by atoms with Gasteiger partial charge < -0.3 is 9.64 Å². The Kier molecular flexibility index (Phi) is 2.73. The third-order valence-corrected chi connectivity index (χ3v) is 2.08. The molecular weight excluding hydrogens is 154 g/mol. The van der Waals surface area contributed by atoms with E-state index in [0.717, 1.165) is 19.6 Å². The third-order valence-electron chi connectivity index (χ3n) is 2.08. The number of rotatable bonds is 0. The highest BCUT2D eigenvalue weighted by molar-refractivity contribution is 5.73. The van der Waals surface area contributed by atoms with Crippen molar-refractivity contribution in [3.63, 3.8) is 0 Å². The lowest BCUT2D eigenvalue weighted by Crippen LogP contribution is -2.40. The van der Waals surface area contributed by atoms with Crippen LogP contribution >= 0.6 is 0 Å². The SMILES string of the molecule is CC(=O)N1CCCOC(C)(C)C1. The van der Waals surface area contributed by atoms with Gasteiger partial charge in [-0.2, -0.15) is 0 Å². The van der Waals surface area contributed by atoms with Gasteiger partial charge in [0.15, 0.2) is 0 Å². The first-order chi connectivity index (χ1) is 5.51. The Morgan fingerprint density at radius 1 is 1.50 bits per heavy atom. The summed E-state index contributed by atoms with van der Waals surface area (Å²) in [4.78, 5) is 13.0. The van der Waals surface area contributed by atoms with E-state index >= 15 is 0 Å². The minimum atomic E-state index is -0.178. The van der Waals surface area contributed by atoms with Gasteiger partial charge in [-0.05, 0) is 20.3 Å². The molecule has 0 bridgehead atoms. The van der Waals surface area contributed by atoms with E-state index in [1.165, 1.54) is 0 Å². The fourth-order valence-corrected chi connectivity index (χ4v) is 1.46. The van der Waals surface area contributed by atoms with Crippen LogP contribution < -0.4 is 0 Å². The van der Waals surface area contributed by atoms with Crippen LogP contribution in [0, 0.1) is 0 Å². The van der Waals surface area contributed by atoms with E-state index in [-0.39, 0.29) is 11.5 Å². The Balaban J connectivity index is 2.60. The molecule has 1 aliphatic rings. The topological polar surface area (TPSA) is 29.5 Å². The number of ether oxygens (including phenoxy) is 1. The number of hydrogen-bond acceptors (Lipinski definition) is 2. The molecule has 3 heteroatoms. The van der Waals surface area contributed by atoms with Crippen molar-refractivity contribution in [1.82, 2.24) is 4.90 Å². The molecule has 0 spiro atoms. The van der Waals surface area contributed by atoms with E-state index in [2.05, 4.69) is 0 Å². The van der Waals surface area contributed by atoms with Crippen LogP contribution in [0.15, 0.2) is 0 Å². The van der Waals surface area contributed by atoms with E-state index in [1.54, 1.807) is 6.92 Å². The zero-order valence-corrected chi connectivity index (χ0v) is 8.09. The second-order valence-electron chi connectivity index (χ2n) is 3.90. The van der Waals surface area contributed by atoms with Crippen molar-refractivity contribution in [2.75, 3.05) is 19.7 Å². The second-order valence-corrected chi connectivity index (χ2v) is 3.90. The fourth-order valence-electron chi connectivity index (χ4n) is 1.46. The van der Waals surface area contributed by atoms with Gasteiger partial charge >= 0.3 is 0 Å². The summed E-state index contributed by atoms with van der Waals surface area (Å²) in [6, 6.07) is 0. The molecule has 1 amide bonds. The molecule has 1 saturated heterocycles. The minimum absolute atomic E-state index is 0.147. The lowest BCUT2D eigenvalue weighted by atomic mass is 10.1. The normalized spacial score (nSPS) is 23.4. The van der Waals surface area contributed by atoms with E-state index in [9.17, 15) is 4.79 Å². The van der Waals surface area contributed by atoms with Crippen LogP contribution in [0.2, 0.25) is 0 Å². The van der Waals surface area contributed by atoms with Gasteiger partial charge in [-0.15, -0.1) is 0 Å². The lowest BCUT2D eigenvalue weighted by molar-refractivity contribution is -0.131. The smallest absolute Gasteiger partial charge is 0.219 e. The summed E-state index contributed by atoms with van der Waals surface area (Å²) in [7, 11) is 0. The van der Waals surface area contributed by atoms with Crippen LogP contribution in [0.3, 0.4) is 0 Å². The third kappa shape index (κ3) is 2.48. The van der Waals surface area contributed by atoms with Gasteiger partial charge in [-0.3, -0.25) is 4.79 Å². The van der Waals surface area contributed by atoms with Crippen molar-refractivity contribution in [3.05, 3.63) is 0 Å². The first-order valence-corrected chi connectivity index (χ1v) is 4.41. The summed E-state index contributed by atoms with van der Waals surface area (Å²) in [5.74, 6) is 0.147. The maximum Gasteiger partial charge on any atom is 0.219 e. The van der Waals surface area contributed by atoms with Gasteiger partial charge in [-0.25, -0.2) is 0 Å². The molecule has 0 aromatic rings. The Hall–Kier alpha value is -0.570. The maximum absolute atomic E-state index is 11.1. The van der Waals surface area contributed by atoms with Crippen LogP contribution in [0.5, 0.6) is 0 Å². The monoisotopic (exact) mass is 171 g/mol. The van der Waals surface area contributed by atoms with E-state index < -0.39 is 0 Å². The van der Waals surface area contributed by atoms with Crippen molar-refractivity contribution in [1.29, 1.82) is 0 Å². The zero-order chi connectivity index (χ0) is 9.19. The molecule has 0 aliphatic carbocycles. The van der Waals surface area contributed by atoms with Gasteiger partial charge in [-0.1, -0.05) is 0 Å². The molecule has 3 nitrogen and oxygen atoms in total. The van der Waals surface area contributed by atoms with Gasteiger partial charge in [0.2, 0.25) is 5.91 Å². The highest BCUT2D eigenvalue weighted by atomic mass is 16.5. The molecular formula is C9H17NO2. The quantitative estimate of drug-likeness (QED) is 0.545. The molecule has 1 aliphatic heterocycles. The second kappa shape index (κ2) is 3.44. The van der Waals surface area contributed by atoms with Gasteiger partial charge in [0.1, 0.15) is 0 Å². The number of amides is 1. The standard InChI is InChI=1S/C9H17NO2/c1-8(11)10-5-4-6-12-9(2,3)7-10/h4-7H2,1-3H3. The Labute approximate surface area is 73.7 Å². The van der Waals surface area contributed by atoms with Crippen LogP contribution in [0.4, 0.5) is 0 Å². The highest BCUT2D eigenvalue weighted by Gasteiger charge is 2.26. The fraction of sp³-hybridized carbons (Fsp3) is 0.889. The van der Waals surface area contributed by atoms with Crippen molar-refractivity contribution in [3.8, 4) is 0 Å². The van der Waals surface area contributed by atoms with Crippen LogP contribution in [-0.2, 0) is 9.53 Å². The molecule has 0 saturated carbocycles. The van der Waals surface area contributed by atoms with Crippen molar-refractivity contribution < 1.29 is 9.53 Å². The molecule has 0 aromatic carbocycles. The Morgan fingerprint density at radius 3 is 2.75 bits per heavy atom. The number of carbonyl (C=O) groups excluding carboxylic acids is 1. The molecule has 1 heterocycles. The molecule has 0 radical (unpaired) electrons. The number of nitrogens with zero attached hydrogens (tertiary/aromatic N) is 1. The van der Waals surface area contributed by atoms with Crippen molar-refractivity contribution in [2.24, 2.45) is 0 Å². The number of hydrogen-bond donors (Lipinski definition) is 0. The molecule has 1 fully saturated rings. The summed E-state index contributed by atoms with van der Waals surface area (Å²) >= 11 is 0. The van der Waals surface area contributed by atoms with Gasteiger partial charge in [0.25, 0.3) is 0 Å². The Morgan fingerprint density at radius 2 is 2.17 bits per heavy atom. The van der Waals surface area contributed by atoms with Crippen molar-refractivity contribution >= 4 is 5.91 Å². The van der Waals surface area contributed by atoms with E-state index in [0.29, 0.717) is 6.54 Å². The molecule has 0 unspecified atom stereocenters. The average Bonchev–Trinajstić information content (AvgIpc) is 2.10.